The summed E-state index contributed by atoms with van der Waals surface area (Å²) in [5, 5.41) is 1.28. The number of rotatable bonds is 1. The van der Waals surface area contributed by atoms with Gasteiger partial charge in [0.25, 0.3) is 0 Å². The van der Waals surface area contributed by atoms with Gasteiger partial charge in [-0.05, 0) is 6.07 Å². The van der Waals surface area contributed by atoms with E-state index < -0.39 is 0 Å². The Morgan fingerprint density at radius 1 is 1.67 bits per heavy atom. The average molecular weight is 244 g/mol. The lowest BCUT2D eigenvalue weighted by molar-refractivity contribution is 0.770. The maximum atomic E-state index is 6.12. The number of hydrogen-bond donors (Lipinski definition) is 1. The van der Waals surface area contributed by atoms with Crippen LogP contribution in [0.15, 0.2) is 12.3 Å². The number of thioether (sulfide) groups is 1. The van der Waals surface area contributed by atoms with Crippen molar-refractivity contribution in [2.75, 3.05) is 29.5 Å². The van der Waals surface area contributed by atoms with Gasteiger partial charge >= 0.3 is 0 Å². The first-order valence-electron chi connectivity index (χ1n) is 4.94. The molecule has 1 fully saturated rings. The summed E-state index contributed by atoms with van der Waals surface area (Å²) in [6, 6.07) is 1.76. The van der Waals surface area contributed by atoms with Gasteiger partial charge in [-0.3, -0.25) is 0 Å². The molecular formula is C10H14ClN3S. The molecule has 1 aliphatic heterocycles. The summed E-state index contributed by atoms with van der Waals surface area (Å²) in [6.45, 7) is 4.23. The second-order valence-electron chi connectivity index (χ2n) is 3.70. The Bertz CT molecular complexity index is 359. The molecule has 2 heterocycles. The molecule has 1 aromatic rings. The van der Waals surface area contributed by atoms with E-state index in [1.807, 2.05) is 11.8 Å². The van der Waals surface area contributed by atoms with Crippen LogP contribution in [0.5, 0.6) is 0 Å². The molecule has 1 aliphatic rings. The van der Waals surface area contributed by atoms with Gasteiger partial charge in [0.15, 0.2) is 0 Å². The maximum Gasteiger partial charge on any atom is 0.147 e. The Morgan fingerprint density at radius 2 is 2.47 bits per heavy atom. The predicted molar refractivity (Wildman–Crippen MR) is 67.8 cm³/mol. The highest BCUT2D eigenvalue weighted by atomic mass is 35.5. The molecule has 0 aliphatic carbocycles. The van der Waals surface area contributed by atoms with E-state index >= 15 is 0 Å². The zero-order valence-corrected chi connectivity index (χ0v) is 10.2. The zero-order chi connectivity index (χ0) is 10.8. The molecule has 0 saturated carbocycles. The lowest BCUT2D eigenvalue weighted by Gasteiger charge is -2.31. The molecule has 1 aromatic heterocycles. The highest BCUT2D eigenvalue weighted by Gasteiger charge is 2.19. The largest absolute Gasteiger partial charge is 0.397 e. The number of pyridine rings is 1. The Hall–Kier alpha value is -0.610. The van der Waals surface area contributed by atoms with Gasteiger partial charge in [0.05, 0.1) is 16.9 Å². The monoisotopic (exact) mass is 243 g/mol. The molecule has 0 radical (unpaired) electrons. The second-order valence-corrected chi connectivity index (χ2v) is 5.66. The van der Waals surface area contributed by atoms with Crippen LogP contribution in [0.3, 0.4) is 0 Å². The Morgan fingerprint density at radius 3 is 3.13 bits per heavy atom. The number of nitrogens with zero attached hydrogens (tertiary/aromatic N) is 2. The molecular weight excluding hydrogens is 230 g/mol. The van der Waals surface area contributed by atoms with Crippen LogP contribution in [0, 0.1) is 0 Å². The summed E-state index contributed by atoms with van der Waals surface area (Å²) in [4.78, 5) is 6.52. The topological polar surface area (TPSA) is 42.2 Å². The van der Waals surface area contributed by atoms with Crippen molar-refractivity contribution in [2.45, 2.75) is 12.2 Å². The molecule has 1 atom stereocenters. The van der Waals surface area contributed by atoms with Crippen molar-refractivity contribution in [2.24, 2.45) is 0 Å². The van der Waals surface area contributed by atoms with Crippen molar-refractivity contribution < 1.29 is 0 Å². The summed E-state index contributed by atoms with van der Waals surface area (Å²) in [7, 11) is 0. The van der Waals surface area contributed by atoms with Crippen LogP contribution < -0.4 is 10.6 Å². The van der Waals surface area contributed by atoms with Crippen LogP contribution in [0.2, 0.25) is 5.02 Å². The molecule has 0 amide bonds. The third-order valence-electron chi connectivity index (χ3n) is 2.38. The highest BCUT2D eigenvalue weighted by Crippen LogP contribution is 2.28. The van der Waals surface area contributed by atoms with Gasteiger partial charge in [-0.25, -0.2) is 4.98 Å². The SMILES string of the molecule is CC1CN(c2ncc(N)cc2Cl)CCS1. The summed E-state index contributed by atoms with van der Waals surface area (Å²) in [5.74, 6) is 1.99. The van der Waals surface area contributed by atoms with E-state index in [1.54, 1.807) is 12.3 Å². The smallest absolute Gasteiger partial charge is 0.147 e. The van der Waals surface area contributed by atoms with Gasteiger partial charge in [0, 0.05) is 24.1 Å². The average Bonchev–Trinajstić information content (AvgIpc) is 2.17. The molecule has 1 unspecified atom stereocenters. The molecule has 3 nitrogen and oxygen atoms in total. The predicted octanol–water partition coefficient (Wildman–Crippen LogP) is 2.26. The van der Waals surface area contributed by atoms with Gasteiger partial charge in [0.1, 0.15) is 5.82 Å². The minimum absolute atomic E-state index is 0.614. The van der Waals surface area contributed by atoms with E-state index in [4.69, 9.17) is 17.3 Å². The van der Waals surface area contributed by atoms with E-state index in [0.29, 0.717) is 16.0 Å². The molecule has 0 aromatic carbocycles. The van der Waals surface area contributed by atoms with Crippen molar-refractivity contribution in [3.63, 3.8) is 0 Å². The Balaban J connectivity index is 2.21. The van der Waals surface area contributed by atoms with E-state index in [9.17, 15) is 0 Å². The molecule has 5 heteroatoms. The van der Waals surface area contributed by atoms with Crippen molar-refractivity contribution in [3.8, 4) is 0 Å². The summed E-state index contributed by atoms with van der Waals surface area (Å²) >= 11 is 8.11. The van der Waals surface area contributed by atoms with Gasteiger partial charge in [-0.15, -0.1) is 0 Å². The van der Waals surface area contributed by atoms with Crippen LogP contribution in [0.1, 0.15) is 6.92 Å². The molecule has 0 bridgehead atoms. The lowest BCUT2D eigenvalue weighted by Crippen LogP contribution is -2.37. The first-order chi connectivity index (χ1) is 7.16. The van der Waals surface area contributed by atoms with Gasteiger partial charge < -0.3 is 10.6 Å². The summed E-state index contributed by atoms with van der Waals surface area (Å²) in [6.07, 6.45) is 1.66. The van der Waals surface area contributed by atoms with E-state index in [1.165, 1.54) is 0 Å². The Labute approximate surface area is 99.0 Å². The molecule has 2 rings (SSSR count). The van der Waals surface area contributed by atoms with E-state index in [-0.39, 0.29) is 0 Å². The first kappa shape index (κ1) is 10.9. The number of nitrogens with two attached hydrogens (primary N) is 1. The van der Waals surface area contributed by atoms with Crippen molar-refractivity contribution >= 4 is 34.9 Å². The number of nitrogen functional groups attached to an aromatic ring is 1. The second kappa shape index (κ2) is 4.49. The summed E-state index contributed by atoms with van der Waals surface area (Å²) < 4.78 is 0. The number of anilines is 2. The third kappa shape index (κ3) is 2.49. The van der Waals surface area contributed by atoms with Crippen LogP contribution >= 0.6 is 23.4 Å². The minimum Gasteiger partial charge on any atom is -0.397 e. The van der Waals surface area contributed by atoms with Crippen molar-refractivity contribution in [1.29, 1.82) is 0 Å². The minimum atomic E-state index is 0.614. The zero-order valence-electron chi connectivity index (χ0n) is 8.61. The molecule has 2 N–H and O–H groups in total. The number of halogens is 1. The normalized spacial score (nSPS) is 21.7. The molecule has 1 saturated heterocycles. The van der Waals surface area contributed by atoms with Crippen LogP contribution in [0.4, 0.5) is 11.5 Å². The summed E-state index contributed by atoms with van der Waals surface area (Å²) in [5.41, 5.74) is 6.23. The number of hydrogen-bond acceptors (Lipinski definition) is 4. The highest BCUT2D eigenvalue weighted by molar-refractivity contribution is 8.00. The molecule has 0 spiro atoms. The fraction of sp³-hybridized carbons (Fsp3) is 0.500. The molecule has 82 valence electrons. The van der Waals surface area contributed by atoms with Crippen molar-refractivity contribution in [3.05, 3.63) is 17.3 Å². The lowest BCUT2D eigenvalue weighted by atomic mass is 10.3. The van der Waals surface area contributed by atoms with Crippen LogP contribution in [-0.4, -0.2) is 29.1 Å². The number of aromatic nitrogens is 1. The maximum absolute atomic E-state index is 6.12. The van der Waals surface area contributed by atoms with Gasteiger partial charge in [0.2, 0.25) is 0 Å². The van der Waals surface area contributed by atoms with Gasteiger partial charge in [-0.2, -0.15) is 11.8 Å². The van der Waals surface area contributed by atoms with Crippen LogP contribution in [0.25, 0.3) is 0 Å². The molecule has 15 heavy (non-hydrogen) atoms. The van der Waals surface area contributed by atoms with Gasteiger partial charge in [-0.1, -0.05) is 18.5 Å². The Kier molecular flexibility index (Phi) is 3.26. The first-order valence-corrected chi connectivity index (χ1v) is 6.37. The third-order valence-corrected chi connectivity index (χ3v) is 3.80. The standard InChI is InChI=1S/C10H14ClN3S/c1-7-6-14(2-3-15-7)10-9(11)4-8(12)5-13-10/h4-5,7H,2-3,6,12H2,1H3. The fourth-order valence-corrected chi connectivity index (χ4v) is 3.00. The van der Waals surface area contributed by atoms with E-state index in [0.717, 1.165) is 24.7 Å². The fourth-order valence-electron chi connectivity index (χ4n) is 1.69. The van der Waals surface area contributed by atoms with Crippen LogP contribution in [-0.2, 0) is 0 Å². The van der Waals surface area contributed by atoms with E-state index in [2.05, 4.69) is 16.8 Å². The quantitative estimate of drug-likeness (QED) is 0.822. The van der Waals surface area contributed by atoms with Crippen molar-refractivity contribution in [1.82, 2.24) is 4.98 Å².